The van der Waals surface area contributed by atoms with E-state index in [4.69, 9.17) is 4.74 Å². The number of aliphatic hydroxyl groups excluding tert-OH is 2. The Balaban J connectivity index is 1.81. The average molecular weight is 392 g/mol. The number of ketones is 1. The molecule has 2 aliphatic heterocycles. The van der Waals surface area contributed by atoms with Crippen molar-refractivity contribution >= 4 is 11.7 Å². The maximum absolute atomic E-state index is 13.7. The summed E-state index contributed by atoms with van der Waals surface area (Å²) in [7, 11) is 0. The number of hydrogen-bond acceptors (Lipinski definition) is 5. The van der Waals surface area contributed by atoms with E-state index in [9.17, 15) is 19.8 Å². The summed E-state index contributed by atoms with van der Waals surface area (Å²) in [6.07, 6.45) is 4.50. The number of Topliss-reactive ketones (excluding diaryl/α,β-unsaturated/α-hetero) is 1. The number of carbonyl (C=O) groups excluding carboxylic acids is 2. The van der Waals surface area contributed by atoms with Crippen LogP contribution < -0.4 is 5.32 Å². The molecule has 0 aromatic carbocycles. The van der Waals surface area contributed by atoms with Gasteiger partial charge in [-0.25, -0.2) is 0 Å². The first kappa shape index (κ1) is 20.0. The van der Waals surface area contributed by atoms with E-state index in [0.29, 0.717) is 25.2 Å². The molecule has 9 unspecified atom stereocenters. The molecule has 1 spiro atoms. The van der Waals surface area contributed by atoms with Gasteiger partial charge >= 0.3 is 0 Å². The van der Waals surface area contributed by atoms with Crippen LogP contribution in [0, 0.1) is 29.1 Å². The third-order valence-electron chi connectivity index (χ3n) is 7.36. The molecule has 2 heterocycles. The van der Waals surface area contributed by atoms with Crippen LogP contribution in [-0.2, 0) is 14.3 Å². The molecule has 0 radical (unpaired) electrons. The molecular formula is C22H33NO5. The summed E-state index contributed by atoms with van der Waals surface area (Å²) in [6, 6.07) is -0.0697. The highest BCUT2D eigenvalue weighted by atomic mass is 16.6. The van der Waals surface area contributed by atoms with E-state index >= 15 is 0 Å². The summed E-state index contributed by atoms with van der Waals surface area (Å²) >= 11 is 0. The van der Waals surface area contributed by atoms with Crippen LogP contribution >= 0.6 is 0 Å². The lowest BCUT2D eigenvalue weighted by Gasteiger charge is -2.44. The monoisotopic (exact) mass is 391 g/mol. The second kappa shape index (κ2) is 7.22. The van der Waals surface area contributed by atoms with E-state index in [0.717, 1.165) is 6.42 Å². The first-order valence-corrected chi connectivity index (χ1v) is 10.8. The van der Waals surface area contributed by atoms with Crippen molar-refractivity contribution in [3.8, 4) is 0 Å². The number of epoxide rings is 1. The molecule has 3 N–H and O–H groups in total. The SMILES string of the molecule is CC(C)CC1NC(=O)C23C(=O)CC(O)CCCC(O)C=CC2C2OC2C(C)C13. The van der Waals surface area contributed by atoms with Gasteiger partial charge in [-0.15, -0.1) is 0 Å². The molecule has 2 saturated heterocycles. The summed E-state index contributed by atoms with van der Waals surface area (Å²) < 4.78 is 5.97. The van der Waals surface area contributed by atoms with E-state index < -0.39 is 17.6 Å². The van der Waals surface area contributed by atoms with Crippen LogP contribution in [-0.4, -0.2) is 52.4 Å². The van der Waals surface area contributed by atoms with Crippen molar-refractivity contribution < 1.29 is 24.5 Å². The Kier molecular flexibility index (Phi) is 5.17. The van der Waals surface area contributed by atoms with Gasteiger partial charge in [0.1, 0.15) is 5.41 Å². The highest BCUT2D eigenvalue weighted by Crippen LogP contribution is 2.61. The largest absolute Gasteiger partial charge is 0.393 e. The third kappa shape index (κ3) is 3.04. The molecule has 28 heavy (non-hydrogen) atoms. The Bertz CT molecular complexity index is 676. The molecule has 3 fully saturated rings. The van der Waals surface area contributed by atoms with Gasteiger partial charge in [0.15, 0.2) is 5.78 Å². The lowest BCUT2D eigenvalue weighted by atomic mass is 9.53. The maximum Gasteiger partial charge on any atom is 0.235 e. The minimum absolute atomic E-state index is 0.0111. The first-order chi connectivity index (χ1) is 13.3. The number of fused-ring (bicyclic) bond motifs is 2. The third-order valence-corrected chi connectivity index (χ3v) is 7.36. The molecule has 0 aromatic rings. The molecule has 156 valence electrons. The van der Waals surface area contributed by atoms with Crippen LogP contribution in [0.4, 0.5) is 0 Å². The van der Waals surface area contributed by atoms with Gasteiger partial charge < -0.3 is 20.3 Å². The fourth-order valence-electron chi connectivity index (χ4n) is 6.18. The number of aliphatic hydroxyl groups is 2. The van der Waals surface area contributed by atoms with Gasteiger partial charge in [0, 0.05) is 24.3 Å². The number of carbonyl (C=O) groups is 2. The molecule has 0 aromatic heterocycles. The molecule has 1 amide bonds. The van der Waals surface area contributed by atoms with Gasteiger partial charge in [0.05, 0.1) is 24.4 Å². The second-order valence-corrected chi connectivity index (χ2v) is 9.72. The summed E-state index contributed by atoms with van der Waals surface area (Å²) in [5.74, 6) is -0.440. The van der Waals surface area contributed by atoms with Crippen LogP contribution in [0.15, 0.2) is 12.2 Å². The van der Waals surface area contributed by atoms with Crippen molar-refractivity contribution in [3.05, 3.63) is 12.2 Å². The van der Waals surface area contributed by atoms with E-state index in [1.54, 1.807) is 6.08 Å². The molecule has 0 bridgehead atoms. The van der Waals surface area contributed by atoms with Crippen molar-refractivity contribution in [2.24, 2.45) is 29.1 Å². The van der Waals surface area contributed by atoms with Gasteiger partial charge in [0.25, 0.3) is 0 Å². The van der Waals surface area contributed by atoms with Crippen molar-refractivity contribution in [2.75, 3.05) is 0 Å². The fraction of sp³-hybridized carbons (Fsp3) is 0.818. The summed E-state index contributed by atoms with van der Waals surface area (Å²) in [6.45, 7) is 6.34. The van der Waals surface area contributed by atoms with Crippen molar-refractivity contribution in [1.29, 1.82) is 0 Å². The van der Waals surface area contributed by atoms with Gasteiger partial charge in [-0.2, -0.15) is 0 Å². The Morgan fingerprint density at radius 3 is 2.68 bits per heavy atom. The van der Waals surface area contributed by atoms with Gasteiger partial charge in [0.2, 0.25) is 5.91 Å². The maximum atomic E-state index is 13.7. The quantitative estimate of drug-likeness (QED) is 0.377. The van der Waals surface area contributed by atoms with Crippen LogP contribution in [0.5, 0.6) is 0 Å². The fourth-order valence-corrected chi connectivity index (χ4v) is 6.18. The molecule has 9 atom stereocenters. The summed E-state index contributed by atoms with van der Waals surface area (Å²) in [5.41, 5.74) is -1.21. The lowest BCUT2D eigenvalue weighted by Crippen LogP contribution is -2.56. The van der Waals surface area contributed by atoms with E-state index in [-0.39, 0.29) is 54.1 Å². The second-order valence-electron chi connectivity index (χ2n) is 9.72. The lowest BCUT2D eigenvalue weighted by molar-refractivity contribution is -0.149. The van der Waals surface area contributed by atoms with E-state index in [1.807, 2.05) is 6.08 Å². The minimum atomic E-state index is -1.21. The average Bonchev–Trinajstić information content (AvgIpc) is 3.34. The van der Waals surface area contributed by atoms with Crippen molar-refractivity contribution in [1.82, 2.24) is 5.32 Å². The molecule has 4 rings (SSSR count). The topological polar surface area (TPSA) is 99.2 Å². The Labute approximate surface area is 166 Å². The van der Waals surface area contributed by atoms with Crippen LogP contribution in [0.1, 0.15) is 52.9 Å². The molecule has 6 nitrogen and oxygen atoms in total. The molecule has 1 saturated carbocycles. The van der Waals surface area contributed by atoms with Crippen molar-refractivity contribution in [3.63, 3.8) is 0 Å². The Morgan fingerprint density at radius 1 is 1.21 bits per heavy atom. The minimum Gasteiger partial charge on any atom is -0.393 e. The van der Waals surface area contributed by atoms with Gasteiger partial charge in [-0.05, 0) is 37.5 Å². The van der Waals surface area contributed by atoms with Gasteiger partial charge in [-0.1, -0.05) is 32.9 Å². The number of ether oxygens (including phenoxy) is 1. The van der Waals surface area contributed by atoms with Crippen molar-refractivity contribution in [2.45, 2.75) is 83.3 Å². The zero-order valence-corrected chi connectivity index (χ0v) is 17.0. The van der Waals surface area contributed by atoms with Crippen LogP contribution in [0.3, 0.4) is 0 Å². The number of rotatable bonds is 2. The predicted molar refractivity (Wildman–Crippen MR) is 103 cm³/mol. The smallest absolute Gasteiger partial charge is 0.235 e. The van der Waals surface area contributed by atoms with Crippen LogP contribution in [0.2, 0.25) is 0 Å². The number of hydrogen-bond donors (Lipinski definition) is 3. The Hall–Kier alpha value is -1.24. The zero-order valence-electron chi connectivity index (χ0n) is 17.0. The standard InChI is InChI=1S/C22H33NO5/c1-11(2)9-16-18-12(3)19-20(28-19)15-8-7-13(24)5-4-6-14(25)10-17(26)22(15,18)21(27)23-16/h7-8,11-16,18-20,24-25H,4-6,9-10H2,1-3H3,(H,23,27). The molecule has 4 aliphatic rings. The summed E-state index contributed by atoms with van der Waals surface area (Å²) in [5, 5.41) is 23.9. The predicted octanol–water partition coefficient (Wildman–Crippen LogP) is 1.59. The highest BCUT2D eigenvalue weighted by Gasteiger charge is 2.74. The normalized spacial score (nSPS) is 48.4. The molecule has 6 heteroatoms. The Morgan fingerprint density at radius 2 is 1.96 bits per heavy atom. The number of amides is 1. The van der Waals surface area contributed by atoms with E-state index in [2.05, 4.69) is 26.1 Å². The summed E-state index contributed by atoms with van der Waals surface area (Å²) in [4.78, 5) is 27.1. The zero-order chi connectivity index (χ0) is 20.2. The van der Waals surface area contributed by atoms with Crippen LogP contribution in [0.25, 0.3) is 0 Å². The molecular weight excluding hydrogens is 358 g/mol. The first-order valence-electron chi connectivity index (χ1n) is 10.8. The number of nitrogens with one attached hydrogen (secondary N) is 1. The highest BCUT2D eigenvalue weighted by molar-refractivity contribution is 6.09. The van der Waals surface area contributed by atoms with Gasteiger partial charge in [-0.3, -0.25) is 9.59 Å². The van der Waals surface area contributed by atoms with E-state index in [1.165, 1.54) is 0 Å². The molecule has 2 aliphatic carbocycles.